The van der Waals surface area contributed by atoms with Gasteiger partial charge in [0.25, 0.3) is 0 Å². The molecule has 1 aliphatic rings. The molecular formula is C24H22N6O2. The van der Waals surface area contributed by atoms with E-state index in [4.69, 9.17) is 0 Å². The van der Waals surface area contributed by atoms with Gasteiger partial charge in [0.15, 0.2) is 5.65 Å². The Hall–Kier alpha value is -4.07. The quantitative estimate of drug-likeness (QED) is 0.508. The Morgan fingerprint density at radius 3 is 2.59 bits per heavy atom. The number of nitrogens with zero attached hydrogens (tertiary/aromatic N) is 5. The second-order valence-electron chi connectivity index (χ2n) is 7.86. The molecule has 4 aromatic rings. The molecule has 1 aliphatic carbocycles. The molecule has 0 spiro atoms. The highest BCUT2D eigenvalue weighted by atomic mass is 16.2. The minimum absolute atomic E-state index is 0.0240. The number of fused-ring (bicyclic) bond motifs is 1. The standard InChI is InChI=1S/C24H22N6O2/c1-16(31)29(15-19-5-2-3-13-25-19)20-11-9-17(10-12-20)21-6-4-14-30-22(21)26-24(28-30)27-23(32)18-7-8-18/h2-6,9-14,18H,7-8,15H2,1H3,(H,27,28,32). The zero-order valence-electron chi connectivity index (χ0n) is 17.6. The van der Waals surface area contributed by atoms with Crippen molar-refractivity contribution in [2.45, 2.75) is 26.3 Å². The number of hydrogen-bond acceptors (Lipinski definition) is 5. The Kier molecular flexibility index (Phi) is 5.10. The fourth-order valence-corrected chi connectivity index (χ4v) is 3.60. The van der Waals surface area contributed by atoms with Gasteiger partial charge in [-0.05, 0) is 54.8 Å². The fourth-order valence-electron chi connectivity index (χ4n) is 3.60. The van der Waals surface area contributed by atoms with Crippen LogP contribution in [-0.4, -0.2) is 31.4 Å². The molecule has 0 atom stereocenters. The molecule has 1 saturated carbocycles. The largest absolute Gasteiger partial charge is 0.307 e. The lowest BCUT2D eigenvalue weighted by Crippen LogP contribution is -2.28. The third-order valence-electron chi connectivity index (χ3n) is 5.46. The molecule has 1 fully saturated rings. The van der Waals surface area contributed by atoms with Crippen molar-refractivity contribution in [1.82, 2.24) is 19.6 Å². The highest BCUT2D eigenvalue weighted by Crippen LogP contribution is 2.30. The molecule has 8 nitrogen and oxygen atoms in total. The molecule has 2 amide bonds. The Morgan fingerprint density at radius 1 is 1.09 bits per heavy atom. The lowest BCUT2D eigenvalue weighted by atomic mass is 10.1. The summed E-state index contributed by atoms with van der Waals surface area (Å²) in [4.78, 5) is 34.9. The molecule has 0 bridgehead atoms. The summed E-state index contributed by atoms with van der Waals surface area (Å²) in [6, 6.07) is 17.2. The van der Waals surface area contributed by atoms with Crippen LogP contribution in [0.2, 0.25) is 0 Å². The average Bonchev–Trinajstić information content (AvgIpc) is 3.58. The van der Waals surface area contributed by atoms with Crippen molar-refractivity contribution in [3.05, 3.63) is 72.7 Å². The van der Waals surface area contributed by atoms with Crippen LogP contribution in [0.3, 0.4) is 0 Å². The van der Waals surface area contributed by atoms with Gasteiger partial charge in [0.05, 0.1) is 12.2 Å². The van der Waals surface area contributed by atoms with Crippen molar-refractivity contribution < 1.29 is 9.59 Å². The van der Waals surface area contributed by atoms with E-state index in [1.807, 2.05) is 54.6 Å². The smallest absolute Gasteiger partial charge is 0.249 e. The summed E-state index contributed by atoms with van der Waals surface area (Å²) in [5.74, 6) is 0.316. The van der Waals surface area contributed by atoms with Gasteiger partial charge >= 0.3 is 0 Å². The van der Waals surface area contributed by atoms with Crippen LogP contribution < -0.4 is 10.2 Å². The molecule has 0 saturated heterocycles. The van der Waals surface area contributed by atoms with E-state index in [1.54, 1.807) is 28.7 Å². The summed E-state index contributed by atoms with van der Waals surface area (Å²) in [7, 11) is 0. The van der Waals surface area contributed by atoms with Crippen molar-refractivity contribution in [3.8, 4) is 11.1 Å². The summed E-state index contributed by atoms with van der Waals surface area (Å²) < 4.78 is 1.66. The number of aromatic nitrogens is 4. The molecule has 1 aromatic carbocycles. The SMILES string of the molecule is CC(=O)N(Cc1ccccn1)c1ccc(-c2cccn3nc(NC(=O)C4CC4)nc23)cc1. The van der Waals surface area contributed by atoms with Crippen LogP contribution in [0.25, 0.3) is 16.8 Å². The predicted octanol–water partition coefficient (Wildman–Crippen LogP) is 3.69. The minimum Gasteiger partial charge on any atom is -0.307 e. The summed E-state index contributed by atoms with van der Waals surface area (Å²) >= 11 is 0. The summed E-state index contributed by atoms with van der Waals surface area (Å²) in [6.07, 6.45) is 5.37. The molecule has 0 unspecified atom stereocenters. The van der Waals surface area contributed by atoms with Crippen LogP contribution in [0, 0.1) is 5.92 Å². The third-order valence-corrected chi connectivity index (χ3v) is 5.46. The summed E-state index contributed by atoms with van der Waals surface area (Å²) in [6.45, 7) is 1.95. The third kappa shape index (κ3) is 4.07. The average molecular weight is 426 g/mol. The first-order valence-electron chi connectivity index (χ1n) is 10.5. The van der Waals surface area contributed by atoms with Crippen LogP contribution >= 0.6 is 0 Å². The van der Waals surface area contributed by atoms with Gasteiger partial charge in [-0.15, -0.1) is 5.10 Å². The maximum absolute atomic E-state index is 12.3. The fraction of sp³-hybridized carbons (Fsp3) is 0.208. The monoisotopic (exact) mass is 426 g/mol. The van der Waals surface area contributed by atoms with E-state index in [9.17, 15) is 9.59 Å². The Balaban J connectivity index is 1.42. The van der Waals surface area contributed by atoms with Crippen LogP contribution in [0.1, 0.15) is 25.5 Å². The van der Waals surface area contributed by atoms with Gasteiger partial charge in [-0.3, -0.25) is 19.9 Å². The molecule has 5 rings (SSSR count). The molecule has 8 heteroatoms. The Bertz CT molecular complexity index is 1280. The second-order valence-corrected chi connectivity index (χ2v) is 7.86. The zero-order chi connectivity index (χ0) is 22.1. The van der Waals surface area contributed by atoms with Crippen molar-refractivity contribution in [3.63, 3.8) is 0 Å². The van der Waals surface area contributed by atoms with Gasteiger partial charge in [-0.2, -0.15) is 4.98 Å². The number of amides is 2. The van der Waals surface area contributed by atoms with Crippen molar-refractivity contribution >= 4 is 29.1 Å². The maximum atomic E-state index is 12.3. The molecule has 3 heterocycles. The van der Waals surface area contributed by atoms with E-state index < -0.39 is 0 Å². The van der Waals surface area contributed by atoms with Crippen LogP contribution in [0.5, 0.6) is 0 Å². The predicted molar refractivity (Wildman–Crippen MR) is 121 cm³/mol. The Labute approximate surface area is 184 Å². The van der Waals surface area contributed by atoms with Gasteiger partial charge in [0, 0.05) is 36.5 Å². The maximum Gasteiger partial charge on any atom is 0.249 e. The molecule has 1 N–H and O–H groups in total. The topological polar surface area (TPSA) is 92.5 Å². The number of benzene rings is 1. The highest BCUT2D eigenvalue weighted by Gasteiger charge is 2.30. The molecule has 0 aliphatic heterocycles. The normalized spacial score (nSPS) is 13.2. The molecule has 3 aromatic heterocycles. The number of pyridine rings is 2. The number of anilines is 2. The minimum atomic E-state index is -0.0565. The van der Waals surface area contributed by atoms with E-state index in [0.29, 0.717) is 18.1 Å². The van der Waals surface area contributed by atoms with Gasteiger partial charge in [-0.1, -0.05) is 18.2 Å². The van der Waals surface area contributed by atoms with Crippen molar-refractivity contribution in [1.29, 1.82) is 0 Å². The number of rotatable bonds is 6. The lowest BCUT2D eigenvalue weighted by Gasteiger charge is -2.21. The van der Waals surface area contributed by atoms with E-state index >= 15 is 0 Å². The van der Waals surface area contributed by atoms with Gasteiger partial charge in [-0.25, -0.2) is 4.52 Å². The number of hydrogen-bond donors (Lipinski definition) is 1. The van der Waals surface area contributed by atoms with E-state index in [1.165, 1.54) is 0 Å². The molecule has 32 heavy (non-hydrogen) atoms. The number of carbonyl (C=O) groups excluding carboxylic acids is 2. The van der Waals surface area contributed by atoms with Crippen LogP contribution in [0.4, 0.5) is 11.6 Å². The lowest BCUT2D eigenvalue weighted by molar-refractivity contribution is -0.117. The first-order chi connectivity index (χ1) is 15.6. The first-order valence-corrected chi connectivity index (χ1v) is 10.5. The Morgan fingerprint density at radius 2 is 1.91 bits per heavy atom. The highest BCUT2D eigenvalue weighted by molar-refractivity contribution is 5.93. The summed E-state index contributed by atoms with van der Waals surface area (Å²) in [5.41, 5.74) is 4.09. The van der Waals surface area contributed by atoms with E-state index in [0.717, 1.165) is 35.3 Å². The van der Waals surface area contributed by atoms with Crippen LogP contribution in [0.15, 0.2) is 67.0 Å². The second kappa shape index (κ2) is 8.22. The first kappa shape index (κ1) is 19.9. The van der Waals surface area contributed by atoms with E-state index in [2.05, 4.69) is 20.4 Å². The zero-order valence-corrected chi connectivity index (χ0v) is 17.6. The molecule has 160 valence electrons. The van der Waals surface area contributed by atoms with Gasteiger partial charge < -0.3 is 4.90 Å². The van der Waals surface area contributed by atoms with Gasteiger partial charge in [0.2, 0.25) is 17.8 Å². The molecule has 0 radical (unpaired) electrons. The molecular weight excluding hydrogens is 404 g/mol. The number of nitrogens with one attached hydrogen (secondary N) is 1. The van der Waals surface area contributed by atoms with Crippen LogP contribution in [-0.2, 0) is 16.1 Å². The van der Waals surface area contributed by atoms with Gasteiger partial charge in [0.1, 0.15) is 0 Å². The van der Waals surface area contributed by atoms with Crippen molar-refractivity contribution in [2.75, 3.05) is 10.2 Å². The van der Waals surface area contributed by atoms with Crippen molar-refractivity contribution in [2.24, 2.45) is 5.92 Å². The number of carbonyl (C=O) groups is 2. The van der Waals surface area contributed by atoms with E-state index in [-0.39, 0.29) is 17.7 Å². The summed E-state index contributed by atoms with van der Waals surface area (Å²) in [5, 5.41) is 7.18.